The first-order valence-corrected chi connectivity index (χ1v) is 10.6. The van der Waals surface area contributed by atoms with Gasteiger partial charge in [0.15, 0.2) is 0 Å². The number of carbonyl (C=O) groups excluding carboxylic acids is 1. The van der Waals surface area contributed by atoms with Gasteiger partial charge in [-0.05, 0) is 42.3 Å². The number of carbonyl (C=O) groups is 1. The van der Waals surface area contributed by atoms with Crippen molar-refractivity contribution in [3.8, 4) is 0 Å². The Bertz CT molecular complexity index is 1040. The summed E-state index contributed by atoms with van der Waals surface area (Å²) < 4.78 is 21.0. The van der Waals surface area contributed by atoms with Crippen LogP contribution in [0.3, 0.4) is 0 Å². The monoisotopic (exact) mass is 468 g/mol. The van der Waals surface area contributed by atoms with E-state index in [2.05, 4.69) is 21.2 Å². The predicted octanol–water partition coefficient (Wildman–Crippen LogP) is 5.67. The topological polar surface area (TPSA) is 41.6 Å². The maximum Gasteiger partial charge on any atom is 0.320 e. The van der Waals surface area contributed by atoms with E-state index in [1.807, 2.05) is 53.4 Å². The summed E-state index contributed by atoms with van der Waals surface area (Å²) in [4.78, 5) is 14.5. The van der Waals surface area contributed by atoms with E-state index < -0.39 is 6.17 Å². The fourth-order valence-electron chi connectivity index (χ4n) is 3.95. The lowest BCUT2D eigenvalue weighted by molar-refractivity contribution is -0.145. The van der Waals surface area contributed by atoms with Crippen LogP contribution in [0.1, 0.15) is 35.8 Å². The van der Waals surface area contributed by atoms with Crippen LogP contribution in [-0.4, -0.2) is 24.0 Å². The minimum Gasteiger partial charge on any atom is -0.465 e. The molecule has 0 saturated heterocycles. The van der Waals surface area contributed by atoms with Crippen LogP contribution in [0.4, 0.5) is 10.1 Å². The van der Waals surface area contributed by atoms with Gasteiger partial charge in [-0.25, -0.2) is 4.39 Å². The Balaban J connectivity index is 1.89. The van der Waals surface area contributed by atoms with Crippen molar-refractivity contribution in [3.05, 3.63) is 99.8 Å². The molecule has 0 aliphatic carbocycles. The average Bonchev–Trinajstić information content (AvgIpc) is 2.74. The lowest BCUT2D eigenvalue weighted by Gasteiger charge is -2.44. The summed E-state index contributed by atoms with van der Waals surface area (Å²) in [6, 6.07) is 22.3. The number of anilines is 1. The Kier molecular flexibility index (Phi) is 6.16. The van der Waals surface area contributed by atoms with Crippen molar-refractivity contribution in [2.24, 2.45) is 0 Å². The Hall–Kier alpha value is -2.70. The van der Waals surface area contributed by atoms with E-state index in [9.17, 15) is 9.18 Å². The fourth-order valence-corrected chi connectivity index (χ4v) is 4.33. The molecule has 1 aliphatic rings. The summed E-state index contributed by atoms with van der Waals surface area (Å²) in [5.41, 5.74) is 3.41. The first-order valence-electron chi connectivity index (χ1n) is 9.85. The van der Waals surface area contributed by atoms with E-state index in [1.54, 1.807) is 25.1 Å². The maximum atomic E-state index is 14.8. The summed E-state index contributed by atoms with van der Waals surface area (Å²) in [5, 5.41) is 3.44. The van der Waals surface area contributed by atoms with Gasteiger partial charge in [0.25, 0.3) is 0 Å². The van der Waals surface area contributed by atoms with Gasteiger partial charge in [-0.2, -0.15) is 0 Å². The third kappa shape index (κ3) is 4.11. The number of hydrogen-bond donors (Lipinski definition) is 1. The molecule has 0 radical (unpaired) electrons. The molecule has 3 aromatic carbocycles. The van der Waals surface area contributed by atoms with Gasteiger partial charge < -0.3 is 10.1 Å². The molecule has 0 spiro atoms. The van der Waals surface area contributed by atoms with Crippen LogP contribution in [0.15, 0.2) is 77.3 Å². The van der Waals surface area contributed by atoms with E-state index in [4.69, 9.17) is 4.74 Å². The second-order valence-corrected chi connectivity index (χ2v) is 8.01. The fraction of sp³-hybridized carbons (Fsp3) is 0.208. The third-order valence-corrected chi connectivity index (χ3v) is 5.69. The molecule has 0 bridgehead atoms. The highest BCUT2D eigenvalue weighted by molar-refractivity contribution is 9.10. The molecule has 0 amide bonds. The quantitative estimate of drug-likeness (QED) is 0.490. The molecule has 6 heteroatoms. The van der Waals surface area contributed by atoms with Crippen LogP contribution in [0, 0.1) is 5.82 Å². The zero-order valence-corrected chi connectivity index (χ0v) is 18.1. The number of hydrogen-bond acceptors (Lipinski definition) is 4. The second kappa shape index (κ2) is 8.98. The molecule has 0 saturated carbocycles. The summed E-state index contributed by atoms with van der Waals surface area (Å²) in [7, 11) is 0. The van der Waals surface area contributed by atoms with Crippen LogP contribution in [0.5, 0.6) is 0 Å². The van der Waals surface area contributed by atoms with Gasteiger partial charge in [-0.15, -0.1) is 0 Å². The van der Waals surface area contributed by atoms with Gasteiger partial charge in [-0.3, -0.25) is 9.69 Å². The highest BCUT2D eigenvalue weighted by Crippen LogP contribution is 2.45. The minimum absolute atomic E-state index is 0.0192. The van der Waals surface area contributed by atoms with Gasteiger partial charge in [0.2, 0.25) is 0 Å². The lowest BCUT2D eigenvalue weighted by Crippen LogP contribution is -2.44. The third-order valence-electron chi connectivity index (χ3n) is 5.20. The highest BCUT2D eigenvalue weighted by atomic mass is 79.9. The minimum atomic E-state index is -0.533. The van der Waals surface area contributed by atoms with Gasteiger partial charge in [0.05, 0.1) is 19.2 Å². The van der Waals surface area contributed by atoms with E-state index in [-0.39, 0.29) is 24.4 Å². The van der Waals surface area contributed by atoms with Crippen molar-refractivity contribution < 1.29 is 13.9 Å². The molecular weight excluding hydrogens is 447 g/mol. The SMILES string of the molecule is CCOC(=O)CN1[C@@H](c2ccccc2)c2cc(Br)ccc2N[C@H]1c1ccccc1F. The number of ether oxygens (including phenoxy) is 1. The van der Waals surface area contributed by atoms with Gasteiger partial charge in [0, 0.05) is 15.7 Å². The molecule has 0 aromatic heterocycles. The Labute approximate surface area is 183 Å². The van der Waals surface area contributed by atoms with Gasteiger partial charge >= 0.3 is 5.97 Å². The summed E-state index contributed by atoms with van der Waals surface area (Å²) in [6.45, 7) is 2.09. The zero-order valence-electron chi connectivity index (χ0n) is 16.5. The molecule has 2 atom stereocenters. The molecule has 0 unspecified atom stereocenters. The van der Waals surface area contributed by atoms with E-state index in [0.717, 1.165) is 21.3 Å². The molecule has 1 heterocycles. The average molecular weight is 469 g/mol. The second-order valence-electron chi connectivity index (χ2n) is 7.09. The number of benzene rings is 3. The smallest absolute Gasteiger partial charge is 0.320 e. The molecule has 4 nitrogen and oxygen atoms in total. The maximum absolute atomic E-state index is 14.8. The molecule has 4 rings (SSSR count). The summed E-state index contributed by atoms with van der Waals surface area (Å²) >= 11 is 3.56. The van der Waals surface area contributed by atoms with Crippen molar-refractivity contribution in [2.45, 2.75) is 19.1 Å². The van der Waals surface area contributed by atoms with Crippen molar-refractivity contribution in [3.63, 3.8) is 0 Å². The molecule has 154 valence electrons. The number of fused-ring (bicyclic) bond motifs is 1. The van der Waals surface area contributed by atoms with Crippen LogP contribution >= 0.6 is 15.9 Å². The standard InChI is InChI=1S/C24H22BrFN2O2/c1-2-30-22(29)15-28-23(16-8-4-3-5-9-16)19-14-17(25)12-13-21(19)27-24(28)18-10-6-7-11-20(18)26/h3-14,23-24,27H,2,15H2,1H3/t23-,24+/m0/s1. The highest BCUT2D eigenvalue weighted by Gasteiger charge is 2.38. The molecule has 3 aromatic rings. The van der Waals surface area contributed by atoms with Crippen molar-refractivity contribution in [2.75, 3.05) is 18.5 Å². The van der Waals surface area contributed by atoms with Gasteiger partial charge in [-0.1, -0.05) is 64.5 Å². The first kappa shape index (κ1) is 20.6. The molecular formula is C24H22BrFN2O2. The normalized spacial score (nSPS) is 18.4. The number of esters is 1. The van der Waals surface area contributed by atoms with E-state index in [1.165, 1.54) is 6.07 Å². The van der Waals surface area contributed by atoms with Gasteiger partial charge in [0.1, 0.15) is 12.0 Å². The first-order chi connectivity index (χ1) is 14.6. The summed E-state index contributed by atoms with van der Waals surface area (Å²) in [6.07, 6.45) is -0.533. The van der Waals surface area contributed by atoms with Crippen molar-refractivity contribution in [1.82, 2.24) is 4.90 Å². The largest absolute Gasteiger partial charge is 0.465 e. The number of rotatable bonds is 5. The number of nitrogens with zero attached hydrogens (tertiary/aromatic N) is 1. The zero-order chi connectivity index (χ0) is 21.1. The van der Waals surface area contributed by atoms with Crippen LogP contribution in [0.25, 0.3) is 0 Å². The van der Waals surface area contributed by atoms with Crippen LogP contribution in [0.2, 0.25) is 0 Å². The molecule has 0 fully saturated rings. The Morgan fingerprint density at radius 3 is 2.53 bits per heavy atom. The van der Waals surface area contributed by atoms with E-state index >= 15 is 0 Å². The lowest BCUT2D eigenvalue weighted by atomic mass is 9.91. The van der Waals surface area contributed by atoms with E-state index in [0.29, 0.717) is 12.2 Å². The molecule has 1 aliphatic heterocycles. The van der Waals surface area contributed by atoms with Crippen molar-refractivity contribution in [1.29, 1.82) is 0 Å². The van der Waals surface area contributed by atoms with Crippen molar-refractivity contribution >= 4 is 27.6 Å². The summed E-state index contributed by atoms with van der Waals surface area (Å²) in [5.74, 6) is -0.670. The predicted molar refractivity (Wildman–Crippen MR) is 119 cm³/mol. The number of halogens is 2. The molecule has 1 N–H and O–H groups in total. The Morgan fingerprint density at radius 2 is 1.80 bits per heavy atom. The molecule has 30 heavy (non-hydrogen) atoms. The van der Waals surface area contributed by atoms with Crippen LogP contribution < -0.4 is 5.32 Å². The van der Waals surface area contributed by atoms with Crippen LogP contribution in [-0.2, 0) is 9.53 Å². The Morgan fingerprint density at radius 1 is 1.07 bits per heavy atom. The number of nitrogens with one attached hydrogen (secondary N) is 1.